The summed E-state index contributed by atoms with van der Waals surface area (Å²) >= 11 is 0. The second-order valence-electron chi connectivity index (χ2n) is 6.46. The molecule has 0 radical (unpaired) electrons. The van der Waals surface area contributed by atoms with Gasteiger partial charge in [-0.15, -0.1) is 0 Å². The molecule has 0 saturated heterocycles. The third-order valence-electron chi connectivity index (χ3n) is 4.07. The number of hydrogen-bond acceptors (Lipinski definition) is 0. The Morgan fingerprint density at radius 1 is 1.14 bits per heavy atom. The van der Waals surface area contributed by atoms with E-state index in [1.807, 2.05) is 0 Å². The van der Waals surface area contributed by atoms with Crippen LogP contribution in [0.15, 0.2) is 0 Å². The Balaban J connectivity index is 2.75. The van der Waals surface area contributed by atoms with Crippen molar-refractivity contribution < 1.29 is 0 Å². The lowest BCUT2D eigenvalue weighted by Gasteiger charge is -2.47. The molecule has 14 heavy (non-hydrogen) atoms. The maximum atomic E-state index is 2.46. The summed E-state index contributed by atoms with van der Waals surface area (Å²) in [6, 6.07) is 0. The van der Waals surface area contributed by atoms with Gasteiger partial charge in [0.1, 0.15) is 0 Å². The van der Waals surface area contributed by atoms with E-state index in [9.17, 15) is 0 Å². The van der Waals surface area contributed by atoms with Crippen LogP contribution in [-0.4, -0.2) is 0 Å². The van der Waals surface area contributed by atoms with E-state index in [1.54, 1.807) is 0 Å². The Labute approximate surface area is 90.5 Å². The average molecular weight is 196 g/mol. The summed E-state index contributed by atoms with van der Waals surface area (Å²) in [5.41, 5.74) is 1.26. The highest BCUT2D eigenvalue weighted by Crippen LogP contribution is 2.52. The Bertz CT molecular complexity index is 180. The molecule has 0 aromatic heterocycles. The monoisotopic (exact) mass is 196 g/mol. The van der Waals surface area contributed by atoms with Crippen LogP contribution in [0.1, 0.15) is 73.1 Å². The van der Waals surface area contributed by atoms with Gasteiger partial charge >= 0.3 is 0 Å². The molecule has 1 fully saturated rings. The van der Waals surface area contributed by atoms with Gasteiger partial charge in [-0.05, 0) is 42.4 Å². The van der Waals surface area contributed by atoms with E-state index < -0.39 is 0 Å². The van der Waals surface area contributed by atoms with Crippen LogP contribution >= 0.6 is 0 Å². The first-order valence-corrected chi connectivity index (χ1v) is 6.43. The van der Waals surface area contributed by atoms with Crippen molar-refractivity contribution in [2.24, 2.45) is 16.7 Å². The number of rotatable bonds is 3. The topological polar surface area (TPSA) is 0 Å². The molecule has 0 amide bonds. The third kappa shape index (κ3) is 2.74. The summed E-state index contributed by atoms with van der Waals surface area (Å²) < 4.78 is 0. The van der Waals surface area contributed by atoms with E-state index in [2.05, 4.69) is 34.6 Å². The summed E-state index contributed by atoms with van der Waals surface area (Å²) in [5.74, 6) is 0.935. The van der Waals surface area contributed by atoms with E-state index in [0.29, 0.717) is 10.8 Å². The minimum absolute atomic E-state index is 0.586. The molecule has 84 valence electrons. The molecule has 1 aliphatic rings. The predicted octanol–water partition coefficient (Wildman–Crippen LogP) is 5.03. The van der Waals surface area contributed by atoms with Crippen molar-refractivity contribution in [3.05, 3.63) is 0 Å². The molecule has 2 atom stereocenters. The van der Waals surface area contributed by atoms with Gasteiger partial charge in [-0.25, -0.2) is 0 Å². The summed E-state index contributed by atoms with van der Waals surface area (Å²) in [6.07, 6.45) is 8.54. The maximum absolute atomic E-state index is 2.46. The molecule has 2 unspecified atom stereocenters. The normalized spacial score (nSPS) is 37.1. The molecule has 0 heterocycles. The molecule has 0 aliphatic heterocycles. The van der Waals surface area contributed by atoms with Crippen molar-refractivity contribution >= 4 is 0 Å². The van der Waals surface area contributed by atoms with E-state index >= 15 is 0 Å². The van der Waals surface area contributed by atoms with Gasteiger partial charge in [0.05, 0.1) is 0 Å². The highest BCUT2D eigenvalue weighted by atomic mass is 14.5. The van der Waals surface area contributed by atoms with Crippen molar-refractivity contribution in [1.29, 1.82) is 0 Å². The summed E-state index contributed by atoms with van der Waals surface area (Å²) in [4.78, 5) is 0. The standard InChI is InChI=1S/C14H28/c1-6-8-14(7-2)10-12(3)9-13(4,5)11-14/h12H,6-11H2,1-5H3. The van der Waals surface area contributed by atoms with E-state index in [0.717, 1.165) is 5.92 Å². The molecule has 0 heteroatoms. The van der Waals surface area contributed by atoms with Gasteiger partial charge in [0.25, 0.3) is 0 Å². The molecule has 0 N–H and O–H groups in total. The molecule has 0 spiro atoms. The molecule has 0 aromatic rings. The Morgan fingerprint density at radius 3 is 2.21 bits per heavy atom. The molecule has 1 aliphatic carbocycles. The Kier molecular flexibility index (Phi) is 3.66. The first-order valence-electron chi connectivity index (χ1n) is 6.43. The highest BCUT2D eigenvalue weighted by Gasteiger charge is 2.40. The van der Waals surface area contributed by atoms with E-state index in [-0.39, 0.29) is 0 Å². The summed E-state index contributed by atoms with van der Waals surface area (Å²) in [5, 5.41) is 0. The number of hydrogen-bond donors (Lipinski definition) is 0. The van der Waals surface area contributed by atoms with Crippen molar-refractivity contribution in [1.82, 2.24) is 0 Å². The molecular weight excluding hydrogens is 168 g/mol. The van der Waals surface area contributed by atoms with Crippen molar-refractivity contribution in [2.75, 3.05) is 0 Å². The average Bonchev–Trinajstić information content (AvgIpc) is 2.00. The van der Waals surface area contributed by atoms with Crippen LogP contribution in [0.4, 0.5) is 0 Å². The van der Waals surface area contributed by atoms with E-state index in [1.165, 1.54) is 38.5 Å². The lowest BCUT2D eigenvalue weighted by molar-refractivity contribution is 0.0358. The fourth-order valence-electron chi connectivity index (χ4n) is 4.08. The largest absolute Gasteiger partial charge is 0.0654 e. The fourth-order valence-corrected chi connectivity index (χ4v) is 4.08. The van der Waals surface area contributed by atoms with Crippen molar-refractivity contribution in [2.45, 2.75) is 73.1 Å². The zero-order valence-electron chi connectivity index (χ0n) is 10.8. The molecule has 1 saturated carbocycles. The minimum atomic E-state index is 0.586. The van der Waals surface area contributed by atoms with Gasteiger partial charge in [0, 0.05) is 0 Å². The fraction of sp³-hybridized carbons (Fsp3) is 1.00. The van der Waals surface area contributed by atoms with E-state index in [4.69, 9.17) is 0 Å². The zero-order valence-corrected chi connectivity index (χ0v) is 10.8. The first kappa shape index (κ1) is 12.1. The maximum Gasteiger partial charge on any atom is -0.0293 e. The summed E-state index contributed by atoms with van der Waals surface area (Å²) in [7, 11) is 0. The highest BCUT2D eigenvalue weighted by molar-refractivity contribution is 4.91. The van der Waals surface area contributed by atoms with Crippen LogP contribution in [0.2, 0.25) is 0 Å². The molecule has 0 nitrogen and oxygen atoms in total. The van der Waals surface area contributed by atoms with Crippen molar-refractivity contribution in [3.63, 3.8) is 0 Å². The predicted molar refractivity (Wildman–Crippen MR) is 64.4 cm³/mol. The Morgan fingerprint density at radius 2 is 1.79 bits per heavy atom. The first-order chi connectivity index (χ1) is 6.43. The van der Waals surface area contributed by atoms with Gasteiger partial charge in [-0.3, -0.25) is 0 Å². The quantitative estimate of drug-likeness (QED) is 0.594. The van der Waals surface area contributed by atoms with Crippen molar-refractivity contribution in [3.8, 4) is 0 Å². The third-order valence-corrected chi connectivity index (χ3v) is 4.07. The smallest absolute Gasteiger partial charge is 0.0293 e. The van der Waals surface area contributed by atoms with Gasteiger partial charge in [-0.2, -0.15) is 0 Å². The second kappa shape index (κ2) is 4.24. The van der Waals surface area contributed by atoms with Gasteiger partial charge < -0.3 is 0 Å². The summed E-state index contributed by atoms with van der Waals surface area (Å²) in [6.45, 7) is 12.1. The molecule has 0 bridgehead atoms. The van der Waals surface area contributed by atoms with Crippen LogP contribution < -0.4 is 0 Å². The SMILES string of the molecule is CCCC1(CC)CC(C)CC(C)(C)C1. The lowest BCUT2D eigenvalue weighted by Crippen LogP contribution is -2.36. The van der Waals surface area contributed by atoms with Gasteiger partial charge in [0.2, 0.25) is 0 Å². The molecule has 1 rings (SSSR count). The van der Waals surface area contributed by atoms with Crippen LogP contribution in [0.5, 0.6) is 0 Å². The van der Waals surface area contributed by atoms with Gasteiger partial charge in [-0.1, -0.05) is 47.5 Å². The van der Waals surface area contributed by atoms with Gasteiger partial charge in [0.15, 0.2) is 0 Å². The molecular formula is C14H28. The van der Waals surface area contributed by atoms with Crippen LogP contribution in [0.25, 0.3) is 0 Å². The second-order valence-corrected chi connectivity index (χ2v) is 6.46. The van der Waals surface area contributed by atoms with Crippen LogP contribution in [0, 0.1) is 16.7 Å². The minimum Gasteiger partial charge on any atom is -0.0654 e. The van der Waals surface area contributed by atoms with Crippen LogP contribution in [-0.2, 0) is 0 Å². The lowest BCUT2D eigenvalue weighted by atomic mass is 9.58. The Hall–Kier alpha value is 0. The molecule has 0 aromatic carbocycles. The zero-order chi connectivity index (χ0) is 10.8. The van der Waals surface area contributed by atoms with Crippen LogP contribution in [0.3, 0.4) is 0 Å².